The first-order chi connectivity index (χ1) is 12.6. The molecule has 6 heteroatoms. The molecular weight excluding hydrogens is 348 g/mol. The number of hydrogen-bond acceptors (Lipinski definition) is 5. The number of aliphatic carboxylic acids is 1. The van der Waals surface area contributed by atoms with Crippen LogP contribution < -0.4 is 10.4 Å². The molecular formula is C20H21N2O3S-. The number of aromatic nitrogens is 1. The maximum Gasteiger partial charge on any atom is 0.230 e. The molecule has 4 atom stereocenters. The van der Waals surface area contributed by atoms with E-state index in [-0.39, 0.29) is 17.7 Å². The summed E-state index contributed by atoms with van der Waals surface area (Å²) in [5.74, 6) is -2.22. The molecule has 2 fully saturated rings. The van der Waals surface area contributed by atoms with Crippen LogP contribution in [-0.2, 0) is 16.0 Å². The Bertz CT molecular complexity index is 830. The Morgan fingerprint density at radius 3 is 2.54 bits per heavy atom. The zero-order valence-corrected chi connectivity index (χ0v) is 15.4. The van der Waals surface area contributed by atoms with E-state index in [2.05, 4.69) is 29.4 Å². The van der Waals surface area contributed by atoms with Gasteiger partial charge in [0.2, 0.25) is 5.91 Å². The molecule has 2 saturated carbocycles. The van der Waals surface area contributed by atoms with Crippen LogP contribution in [0, 0.1) is 23.7 Å². The topological polar surface area (TPSA) is 82.1 Å². The third-order valence-electron chi connectivity index (χ3n) is 5.88. The highest BCUT2D eigenvalue weighted by atomic mass is 32.1. The van der Waals surface area contributed by atoms with Gasteiger partial charge in [0.1, 0.15) is 0 Å². The van der Waals surface area contributed by atoms with Crippen molar-refractivity contribution < 1.29 is 14.7 Å². The van der Waals surface area contributed by atoms with Crippen molar-refractivity contribution in [2.24, 2.45) is 23.7 Å². The van der Waals surface area contributed by atoms with Crippen molar-refractivity contribution in [3.05, 3.63) is 35.2 Å². The highest BCUT2D eigenvalue weighted by Gasteiger charge is 2.51. The van der Waals surface area contributed by atoms with Gasteiger partial charge in [-0.2, -0.15) is 0 Å². The van der Waals surface area contributed by atoms with Crippen molar-refractivity contribution in [1.82, 2.24) is 4.98 Å². The first-order valence-corrected chi connectivity index (χ1v) is 10.0. The largest absolute Gasteiger partial charge is 0.550 e. The second-order valence-corrected chi connectivity index (χ2v) is 8.14. The zero-order valence-electron chi connectivity index (χ0n) is 14.6. The number of rotatable bonds is 5. The summed E-state index contributed by atoms with van der Waals surface area (Å²) < 4.78 is 0. The molecule has 2 aromatic rings. The average molecular weight is 369 g/mol. The molecule has 136 valence electrons. The zero-order chi connectivity index (χ0) is 18.3. The van der Waals surface area contributed by atoms with Gasteiger partial charge in [-0.3, -0.25) is 4.79 Å². The van der Waals surface area contributed by atoms with E-state index in [0.717, 1.165) is 36.9 Å². The van der Waals surface area contributed by atoms with Gasteiger partial charge in [0.25, 0.3) is 0 Å². The summed E-state index contributed by atoms with van der Waals surface area (Å²) in [5, 5.41) is 16.8. The number of anilines is 1. The molecule has 1 N–H and O–H groups in total. The fourth-order valence-corrected chi connectivity index (χ4v) is 5.29. The molecule has 2 bridgehead atoms. The third kappa shape index (κ3) is 3.03. The van der Waals surface area contributed by atoms with E-state index >= 15 is 0 Å². The van der Waals surface area contributed by atoms with Crippen LogP contribution in [0.5, 0.6) is 0 Å². The Morgan fingerprint density at radius 1 is 1.19 bits per heavy atom. The number of nitrogens with one attached hydrogen (secondary N) is 1. The molecule has 2 aliphatic carbocycles. The van der Waals surface area contributed by atoms with Crippen LogP contribution in [0.4, 0.5) is 5.13 Å². The molecule has 1 amide bonds. The van der Waals surface area contributed by atoms with E-state index < -0.39 is 17.8 Å². The van der Waals surface area contributed by atoms with Crippen LogP contribution in [0.15, 0.2) is 29.6 Å². The molecule has 0 spiro atoms. The SMILES string of the molecule is CCc1ccc(-c2csc(NC(=O)[C@@H]3[C@H]4CC[C@@H](C4)[C@@H]3C(=O)[O-])n2)cc1. The molecule has 1 heterocycles. The molecule has 5 nitrogen and oxygen atoms in total. The van der Waals surface area contributed by atoms with Gasteiger partial charge in [-0.1, -0.05) is 31.2 Å². The summed E-state index contributed by atoms with van der Waals surface area (Å²) in [7, 11) is 0. The monoisotopic (exact) mass is 369 g/mol. The number of hydrogen-bond donors (Lipinski definition) is 1. The summed E-state index contributed by atoms with van der Waals surface area (Å²) >= 11 is 1.37. The number of benzene rings is 1. The van der Waals surface area contributed by atoms with Gasteiger partial charge in [-0.25, -0.2) is 4.98 Å². The Hall–Kier alpha value is -2.21. The lowest BCUT2D eigenvalue weighted by Gasteiger charge is -2.30. The lowest BCUT2D eigenvalue weighted by molar-refractivity contribution is -0.314. The van der Waals surface area contributed by atoms with Crippen molar-refractivity contribution in [3.63, 3.8) is 0 Å². The van der Waals surface area contributed by atoms with Crippen molar-refractivity contribution in [2.75, 3.05) is 5.32 Å². The van der Waals surface area contributed by atoms with Gasteiger partial charge >= 0.3 is 0 Å². The summed E-state index contributed by atoms with van der Waals surface area (Å²) in [6.45, 7) is 2.11. The standard InChI is InChI=1S/C20H22N2O3S/c1-2-11-3-5-12(6-4-11)15-10-26-20(21-15)22-18(23)16-13-7-8-14(9-13)17(16)19(24)25/h3-6,10,13-14,16-17H,2,7-9H2,1H3,(H,24,25)(H,21,22,23)/p-1/t13-,14-,16+,17-/m0/s1. The van der Waals surface area contributed by atoms with Crippen molar-refractivity contribution in [3.8, 4) is 11.3 Å². The van der Waals surface area contributed by atoms with Crippen LogP contribution in [0.2, 0.25) is 0 Å². The highest BCUT2D eigenvalue weighted by Crippen LogP contribution is 2.52. The van der Waals surface area contributed by atoms with E-state index in [9.17, 15) is 14.7 Å². The molecule has 0 unspecified atom stereocenters. The van der Waals surface area contributed by atoms with E-state index in [1.165, 1.54) is 16.9 Å². The van der Waals surface area contributed by atoms with Crippen LogP contribution in [0.1, 0.15) is 31.7 Å². The molecule has 0 saturated heterocycles. The van der Waals surface area contributed by atoms with Gasteiger partial charge in [-0.05, 0) is 43.1 Å². The maximum absolute atomic E-state index is 12.7. The quantitative estimate of drug-likeness (QED) is 0.878. The molecule has 2 aliphatic rings. The average Bonchev–Trinajstić information content (AvgIpc) is 3.37. The summed E-state index contributed by atoms with van der Waals surface area (Å²) in [4.78, 5) is 28.7. The van der Waals surface area contributed by atoms with Gasteiger partial charge in [0.15, 0.2) is 5.13 Å². The fourth-order valence-electron chi connectivity index (χ4n) is 4.57. The number of thiazole rings is 1. The first kappa shape index (κ1) is 17.2. The van der Waals surface area contributed by atoms with Crippen LogP contribution in [-0.4, -0.2) is 16.9 Å². The number of fused-ring (bicyclic) bond motifs is 2. The summed E-state index contributed by atoms with van der Waals surface area (Å²) in [6, 6.07) is 8.21. The number of carbonyl (C=O) groups is 2. The molecule has 0 aliphatic heterocycles. The molecule has 1 aromatic heterocycles. The Morgan fingerprint density at radius 2 is 1.88 bits per heavy atom. The second kappa shape index (κ2) is 6.83. The van der Waals surface area contributed by atoms with E-state index in [4.69, 9.17) is 0 Å². The minimum Gasteiger partial charge on any atom is -0.550 e. The van der Waals surface area contributed by atoms with Gasteiger partial charge in [0, 0.05) is 28.7 Å². The number of carboxylic acids is 1. The van der Waals surface area contributed by atoms with E-state index in [1.807, 2.05) is 17.5 Å². The first-order valence-electron chi connectivity index (χ1n) is 9.13. The number of amides is 1. The molecule has 0 radical (unpaired) electrons. The number of carboxylic acid groups (broad SMARTS) is 1. The molecule has 1 aromatic carbocycles. The smallest absolute Gasteiger partial charge is 0.230 e. The maximum atomic E-state index is 12.7. The third-order valence-corrected chi connectivity index (χ3v) is 6.64. The van der Waals surface area contributed by atoms with Gasteiger partial charge in [0.05, 0.1) is 5.69 Å². The van der Waals surface area contributed by atoms with Crippen molar-refractivity contribution in [2.45, 2.75) is 32.6 Å². The minimum atomic E-state index is -1.09. The fraction of sp³-hybridized carbons (Fsp3) is 0.450. The van der Waals surface area contributed by atoms with Gasteiger partial charge < -0.3 is 15.2 Å². The number of nitrogens with zero attached hydrogens (tertiary/aromatic N) is 1. The predicted octanol–water partition coefficient (Wildman–Crippen LogP) is 2.72. The Kier molecular flexibility index (Phi) is 4.53. The molecule has 26 heavy (non-hydrogen) atoms. The van der Waals surface area contributed by atoms with E-state index in [0.29, 0.717) is 5.13 Å². The second-order valence-electron chi connectivity index (χ2n) is 7.28. The lowest BCUT2D eigenvalue weighted by Crippen LogP contribution is -2.43. The van der Waals surface area contributed by atoms with E-state index in [1.54, 1.807) is 0 Å². The number of carbonyl (C=O) groups excluding carboxylic acids is 2. The number of aryl methyl sites for hydroxylation is 1. The highest BCUT2D eigenvalue weighted by molar-refractivity contribution is 7.14. The lowest BCUT2D eigenvalue weighted by atomic mass is 9.79. The van der Waals surface area contributed by atoms with Gasteiger partial charge in [-0.15, -0.1) is 11.3 Å². The molecule has 4 rings (SSSR count). The summed E-state index contributed by atoms with van der Waals surface area (Å²) in [6.07, 6.45) is 3.63. The van der Waals surface area contributed by atoms with Crippen LogP contribution in [0.25, 0.3) is 11.3 Å². The van der Waals surface area contributed by atoms with Crippen molar-refractivity contribution in [1.29, 1.82) is 0 Å². The summed E-state index contributed by atoms with van der Waals surface area (Å²) in [5.41, 5.74) is 3.09. The van der Waals surface area contributed by atoms with Crippen LogP contribution >= 0.6 is 11.3 Å². The Balaban J connectivity index is 1.48. The Labute approximate surface area is 156 Å². The minimum absolute atomic E-state index is 0.0877. The normalized spacial score (nSPS) is 26.8. The van der Waals surface area contributed by atoms with Crippen molar-refractivity contribution >= 4 is 28.3 Å². The van der Waals surface area contributed by atoms with Crippen LogP contribution in [0.3, 0.4) is 0 Å². The predicted molar refractivity (Wildman–Crippen MR) is 98.4 cm³/mol.